The van der Waals surface area contributed by atoms with Gasteiger partial charge in [-0.05, 0) is 63.4 Å². The molecule has 6 heteroatoms. The zero-order chi connectivity index (χ0) is 21.6. The summed E-state index contributed by atoms with van der Waals surface area (Å²) < 4.78 is 0. The molecule has 0 radical (unpaired) electrons. The van der Waals surface area contributed by atoms with E-state index < -0.39 is 0 Å². The molecule has 170 valence electrons. The van der Waals surface area contributed by atoms with E-state index in [9.17, 15) is 9.59 Å². The van der Waals surface area contributed by atoms with Crippen molar-refractivity contribution in [3.8, 4) is 0 Å². The Morgan fingerprint density at radius 1 is 0.839 bits per heavy atom. The number of anilines is 1. The van der Waals surface area contributed by atoms with Gasteiger partial charge in [-0.25, -0.2) is 0 Å². The number of likely N-dealkylation sites (tertiary alicyclic amines) is 2. The van der Waals surface area contributed by atoms with E-state index in [-0.39, 0.29) is 11.8 Å². The Hall–Kier alpha value is -2.08. The predicted molar refractivity (Wildman–Crippen MR) is 124 cm³/mol. The summed E-state index contributed by atoms with van der Waals surface area (Å²) in [5.41, 5.74) is 2.52. The summed E-state index contributed by atoms with van der Waals surface area (Å²) in [7, 11) is 0. The van der Waals surface area contributed by atoms with E-state index in [1.807, 2.05) is 4.90 Å². The molecule has 0 spiro atoms. The Bertz CT molecular complexity index is 744. The van der Waals surface area contributed by atoms with Gasteiger partial charge in [0, 0.05) is 50.9 Å². The van der Waals surface area contributed by atoms with Crippen LogP contribution in [0.2, 0.25) is 0 Å². The highest BCUT2D eigenvalue weighted by Gasteiger charge is 2.30. The quantitative estimate of drug-likeness (QED) is 0.743. The molecule has 1 aromatic carbocycles. The number of benzene rings is 1. The minimum atomic E-state index is 0.155. The van der Waals surface area contributed by atoms with E-state index in [1.165, 1.54) is 24.1 Å². The average Bonchev–Trinajstić information content (AvgIpc) is 3.09. The average molecular weight is 427 g/mol. The maximum absolute atomic E-state index is 12.9. The number of nitrogens with zero attached hydrogens (tertiary/aromatic N) is 4. The molecule has 0 saturated carbocycles. The number of carbonyl (C=O) groups excluding carboxylic acids is 2. The highest BCUT2D eigenvalue weighted by atomic mass is 16.2. The van der Waals surface area contributed by atoms with Gasteiger partial charge in [0.15, 0.2) is 0 Å². The van der Waals surface area contributed by atoms with Gasteiger partial charge in [-0.3, -0.25) is 14.5 Å². The van der Waals surface area contributed by atoms with Crippen LogP contribution in [0.25, 0.3) is 0 Å². The lowest BCUT2D eigenvalue weighted by atomic mass is 9.95. The second kappa shape index (κ2) is 10.5. The van der Waals surface area contributed by atoms with Crippen LogP contribution in [0.1, 0.15) is 44.1 Å². The Kier molecular flexibility index (Phi) is 7.49. The largest absolute Gasteiger partial charge is 0.368 e. The number of rotatable bonds is 4. The van der Waals surface area contributed by atoms with Crippen LogP contribution in [-0.2, 0) is 9.59 Å². The number of piperazine rings is 1. The van der Waals surface area contributed by atoms with Gasteiger partial charge in [-0.1, -0.05) is 25.0 Å². The molecule has 3 saturated heterocycles. The zero-order valence-electron chi connectivity index (χ0n) is 19.1. The summed E-state index contributed by atoms with van der Waals surface area (Å²) in [5.74, 6) is 0.753. The lowest BCUT2D eigenvalue weighted by Gasteiger charge is -2.38. The van der Waals surface area contributed by atoms with Crippen LogP contribution < -0.4 is 4.90 Å². The van der Waals surface area contributed by atoms with Gasteiger partial charge in [-0.15, -0.1) is 0 Å². The molecule has 3 heterocycles. The van der Waals surface area contributed by atoms with Gasteiger partial charge < -0.3 is 14.7 Å². The van der Waals surface area contributed by atoms with Crippen molar-refractivity contribution < 1.29 is 9.59 Å². The second-order valence-corrected chi connectivity index (χ2v) is 9.50. The van der Waals surface area contributed by atoms with Crippen molar-refractivity contribution in [2.24, 2.45) is 5.92 Å². The number of hydrogen-bond donors (Lipinski definition) is 0. The molecule has 0 N–H and O–H groups in total. The van der Waals surface area contributed by atoms with Crippen LogP contribution in [0.15, 0.2) is 24.3 Å². The van der Waals surface area contributed by atoms with Gasteiger partial charge in [-0.2, -0.15) is 0 Å². The van der Waals surface area contributed by atoms with Crippen molar-refractivity contribution in [3.05, 3.63) is 29.8 Å². The molecule has 0 aromatic heterocycles. The van der Waals surface area contributed by atoms with Gasteiger partial charge in [0.2, 0.25) is 11.8 Å². The summed E-state index contributed by atoms with van der Waals surface area (Å²) >= 11 is 0. The maximum Gasteiger partial charge on any atom is 0.236 e. The molecular formula is C25H38N4O2. The third-order valence-corrected chi connectivity index (χ3v) is 7.21. The standard InChI is InChI=1S/C25H38N4O2/c1-21-7-6-8-23(19-21)27-15-17-28(18-16-27)24(30)20-26-13-9-22(10-14-26)25(31)29-11-4-2-3-5-12-29/h6-8,19,22H,2-5,9-18,20H2,1H3. The molecule has 3 aliphatic heterocycles. The van der Waals surface area contributed by atoms with E-state index in [0.29, 0.717) is 12.5 Å². The van der Waals surface area contributed by atoms with Crippen molar-refractivity contribution in [1.82, 2.24) is 14.7 Å². The highest BCUT2D eigenvalue weighted by molar-refractivity contribution is 5.80. The smallest absolute Gasteiger partial charge is 0.236 e. The highest BCUT2D eigenvalue weighted by Crippen LogP contribution is 2.22. The molecule has 4 rings (SSSR count). The van der Waals surface area contributed by atoms with Crippen molar-refractivity contribution in [2.75, 3.05) is 63.8 Å². The van der Waals surface area contributed by atoms with Gasteiger partial charge in [0.1, 0.15) is 0 Å². The van der Waals surface area contributed by atoms with E-state index >= 15 is 0 Å². The molecule has 0 atom stereocenters. The van der Waals surface area contributed by atoms with Gasteiger partial charge in [0.25, 0.3) is 0 Å². The molecular weight excluding hydrogens is 388 g/mol. The van der Waals surface area contributed by atoms with Crippen molar-refractivity contribution in [3.63, 3.8) is 0 Å². The number of piperidine rings is 1. The van der Waals surface area contributed by atoms with Crippen LogP contribution in [0, 0.1) is 12.8 Å². The number of aryl methyl sites for hydroxylation is 1. The molecule has 1 aromatic rings. The third-order valence-electron chi connectivity index (χ3n) is 7.21. The minimum Gasteiger partial charge on any atom is -0.368 e. The second-order valence-electron chi connectivity index (χ2n) is 9.50. The van der Waals surface area contributed by atoms with E-state index in [2.05, 4.69) is 45.9 Å². The van der Waals surface area contributed by atoms with Crippen LogP contribution in [0.4, 0.5) is 5.69 Å². The van der Waals surface area contributed by atoms with E-state index in [1.54, 1.807) is 0 Å². The Morgan fingerprint density at radius 3 is 2.16 bits per heavy atom. The molecule has 31 heavy (non-hydrogen) atoms. The van der Waals surface area contributed by atoms with Crippen molar-refractivity contribution in [2.45, 2.75) is 45.4 Å². The van der Waals surface area contributed by atoms with Gasteiger partial charge >= 0.3 is 0 Å². The fourth-order valence-corrected chi connectivity index (χ4v) is 5.22. The number of hydrogen-bond acceptors (Lipinski definition) is 4. The zero-order valence-corrected chi connectivity index (χ0v) is 19.1. The third kappa shape index (κ3) is 5.79. The predicted octanol–water partition coefficient (Wildman–Crippen LogP) is 2.76. The van der Waals surface area contributed by atoms with Crippen LogP contribution in [0.5, 0.6) is 0 Å². The number of carbonyl (C=O) groups is 2. The lowest BCUT2D eigenvalue weighted by molar-refractivity contribution is -0.137. The summed E-state index contributed by atoms with van der Waals surface area (Å²) in [4.78, 5) is 34.5. The summed E-state index contributed by atoms with van der Waals surface area (Å²) in [5, 5.41) is 0. The Morgan fingerprint density at radius 2 is 1.52 bits per heavy atom. The van der Waals surface area contributed by atoms with Crippen molar-refractivity contribution in [1.29, 1.82) is 0 Å². The van der Waals surface area contributed by atoms with Gasteiger partial charge in [0.05, 0.1) is 6.54 Å². The lowest BCUT2D eigenvalue weighted by Crippen LogP contribution is -2.52. The molecule has 0 bridgehead atoms. The molecule has 3 fully saturated rings. The summed E-state index contributed by atoms with van der Waals surface area (Å²) in [6.45, 7) is 9.57. The first-order valence-electron chi connectivity index (χ1n) is 12.2. The van der Waals surface area contributed by atoms with E-state index in [4.69, 9.17) is 0 Å². The molecule has 3 aliphatic rings. The van der Waals surface area contributed by atoms with Crippen LogP contribution in [0.3, 0.4) is 0 Å². The Balaban J connectivity index is 1.19. The fraction of sp³-hybridized carbons (Fsp3) is 0.680. The van der Waals surface area contributed by atoms with E-state index in [0.717, 1.165) is 78.0 Å². The molecule has 2 amide bonds. The first-order valence-corrected chi connectivity index (χ1v) is 12.2. The normalized spacial score (nSPS) is 21.8. The summed E-state index contributed by atoms with van der Waals surface area (Å²) in [6, 6.07) is 8.59. The molecule has 0 aliphatic carbocycles. The first kappa shape index (κ1) is 22.1. The summed E-state index contributed by atoms with van der Waals surface area (Å²) in [6.07, 6.45) is 6.59. The molecule has 0 unspecified atom stereocenters. The van der Waals surface area contributed by atoms with Crippen LogP contribution in [-0.4, -0.2) is 85.4 Å². The maximum atomic E-state index is 12.9. The van der Waals surface area contributed by atoms with Crippen LogP contribution >= 0.6 is 0 Å². The fourth-order valence-electron chi connectivity index (χ4n) is 5.22. The number of amides is 2. The van der Waals surface area contributed by atoms with Crippen molar-refractivity contribution >= 4 is 17.5 Å². The minimum absolute atomic E-state index is 0.155. The SMILES string of the molecule is Cc1cccc(N2CCN(C(=O)CN3CCC(C(=O)N4CCCCCC4)CC3)CC2)c1. The Labute approximate surface area is 187 Å². The first-order chi connectivity index (χ1) is 15.1. The monoisotopic (exact) mass is 426 g/mol. The molecule has 6 nitrogen and oxygen atoms in total. The topological polar surface area (TPSA) is 47.1 Å².